The fourth-order valence-corrected chi connectivity index (χ4v) is 3.23. The number of hydrogen-bond acceptors (Lipinski definition) is 2. The summed E-state index contributed by atoms with van der Waals surface area (Å²) < 4.78 is 26.2. The van der Waals surface area contributed by atoms with Gasteiger partial charge in [0.05, 0.1) is 0 Å². The van der Waals surface area contributed by atoms with Crippen molar-refractivity contribution >= 4 is 17.1 Å². The number of aromatic amines is 1. The van der Waals surface area contributed by atoms with Crippen molar-refractivity contribution in [3.05, 3.63) is 83.2 Å². The molecule has 0 aliphatic carbocycles. The third kappa shape index (κ3) is 3.58. The summed E-state index contributed by atoms with van der Waals surface area (Å²) in [7, 11) is 0. The van der Waals surface area contributed by atoms with Gasteiger partial charge in [-0.1, -0.05) is 24.3 Å². The molecular formula is C21H19F2N3. The molecule has 1 aliphatic rings. The van der Waals surface area contributed by atoms with Crippen molar-refractivity contribution < 1.29 is 8.78 Å². The average molecular weight is 351 g/mol. The first kappa shape index (κ1) is 16.7. The average Bonchev–Trinajstić information content (AvgIpc) is 3.07. The molecule has 4 rings (SSSR count). The molecule has 0 atom stereocenters. The van der Waals surface area contributed by atoms with Crippen LogP contribution in [0.1, 0.15) is 17.5 Å². The maximum absolute atomic E-state index is 13.3. The Morgan fingerprint density at radius 2 is 2.08 bits per heavy atom. The number of nitrogens with zero attached hydrogens (tertiary/aromatic N) is 2. The van der Waals surface area contributed by atoms with E-state index >= 15 is 0 Å². The lowest BCUT2D eigenvalue weighted by Crippen LogP contribution is -2.27. The highest BCUT2D eigenvalue weighted by Crippen LogP contribution is 2.21. The van der Waals surface area contributed by atoms with Gasteiger partial charge in [-0.3, -0.25) is 4.90 Å². The Morgan fingerprint density at radius 3 is 2.88 bits per heavy atom. The van der Waals surface area contributed by atoms with E-state index in [-0.39, 0.29) is 0 Å². The van der Waals surface area contributed by atoms with Crippen molar-refractivity contribution in [2.45, 2.75) is 13.0 Å². The molecule has 5 heteroatoms. The third-order valence-corrected chi connectivity index (χ3v) is 4.69. The van der Waals surface area contributed by atoms with Gasteiger partial charge in [0, 0.05) is 37.4 Å². The van der Waals surface area contributed by atoms with Gasteiger partial charge >= 0.3 is 0 Å². The molecule has 2 aromatic heterocycles. The minimum atomic E-state index is -0.817. The van der Waals surface area contributed by atoms with Crippen molar-refractivity contribution in [3.8, 4) is 0 Å². The van der Waals surface area contributed by atoms with E-state index in [0.29, 0.717) is 5.56 Å². The Balaban J connectivity index is 1.40. The maximum Gasteiger partial charge on any atom is 0.159 e. The smallest absolute Gasteiger partial charge is 0.159 e. The zero-order chi connectivity index (χ0) is 17.9. The fraction of sp³-hybridized carbons (Fsp3) is 0.190. The van der Waals surface area contributed by atoms with Crippen LogP contribution in [0.25, 0.3) is 17.1 Å². The number of fused-ring (bicyclic) bond motifs is 1. The van der Waals surface area contributed by atoms with Gasteiger partial charge < -0.3 is 4.98 Å². The lowest BCUT2D eigenvalue weighted by molar-refractivity contribution is 0.288. The molecule has 1 N–H and O–H groups in total. The van der Waals surface area contributed by atoms with E-state index in [4.69, 9.17) is 0 Å². The minimum absolute atomic E-state index is 0.665. The summed E-state index contributed by atoms with van der Waals surface area (Å²) in [5.41, 5.74) is 4.05. The zero-order valence-corrected chi connectivity index (χ0v) is 14.3. The summed E-state index contributed by atoms with van der Waals surface area (Å²) >= 11 is 0. The van der Waals surface area contributed by atoms with Crippen LogP contribution >= 0.6 is 0 Å². The van der Waals surface area contributed by atoms with E-state index < -0.39 is 11.6 Å². The number of aromatic nitrogens is 2. The van der Waals surface area contributed by atoms with E-state index in [0.717, 1.165) is 37.8 Å². The van der Waals surface area contributed by atoms with Crippen LogP contribution in [-0.2, 0) is 6.54 Å². The van der Waals surface area contributed by atoms with Crippen LogP contribution in [0.4, 0.5) is 8.78 Å². The van der Waals surface area contributed by atoms with Crippen LogP contribution in [0, 0.1) is 11.6 Å². The van der Waals surface area contributed by atoms with E-state index in [9.17, 15) is 8.78 Å². The highest BCUT2D eigenvalue weighted by molar-refractivity contribution is 5.79. The molecule has 3 aromatic rings. The molecule has 0 fully saturated rings. The van der Waals surface area contributed by atoms with Gasteiger partial charge in [-0.15, -0.1) is 0 Å². The quantitative estimate of drug-likeness (QED) is 0.740. The summed E-state index contributed by atoms with van der Waals surface area (Å²) in [6, 6.07) is 7.99. The van der Waals surface area contributed by atoms with Crippen LogP contribution in [0.3, 0.4) is 0 Å². The molecule has 1 aromatic carbocycles. The van der Waals surface area contributed by atoms with Gasteiger partial charge in [-0.05, 0) is 47.4 Å². The summed E-state index contributed by atoms with van der Waals surface area (Å²) in [6.07, 6.45) is 10.8. The monoisotopic (exact) mass is 351 g/mol. The Bertz CT molecular complexity index is 988. The van der Waals surface area contributed by atoms with Crippen molar-refractivity contribution in [1.82, 2.24) is 14.9 Å². The molecule has 3 heterocycles. The number of hydrogen-bond donors (Lipinski definition) is 1. The molecule has 0 spiro atoms. The van der Waals surface area contributed by atoms with Crippen LogP contribution in [-0.4, -0.2) is 28.0 Å². The highest BCUT2D eigenvalue weighted by Gasteiger charge is 2.13. The molecule has 0 unspecified atom stereocenters. The number of rotatable bonds is 4. The second kappa shape index (κ2) is 7.22. The number of H-pyrrole nitrogens is 1. The first-order chi connectivity index (χ1) is 12.7. The van der Waals surface area contributed by atoms with Gasteiger partial charge in [-0.25, -0.2) is 13.8 Å². The van der Waals surface area contributed by atoms with E-state index in [1.165, 1.54) is 22.6 Å². The SMILES string of the molecule is Fc1ccc(C=CC2=CCN(Cc3c[nH]c4ncccc34)CC2)cc1F. The topological polar surface area (TPSA) is 31.9 Å². The molecule has 132 valence electrons. The van der Waals surface area contributed by atoms with Crippen molar-refractivity contribution in [2.24, 2.45) is 0 Å². The lowest BCUT2D eigenvalue weighted by atomic mass is 10.1. The maximum atomic E-state index is 13.3. The molecule has 0 radical (unpaired) electrons. The Labute approximate surface area is 150 Å². The predicted octanol–water partition coefficient (Wildman–Crippen LogP) is 4.69. The summed E-state index contributed by atoms with van der Waals surface area (Å²) in [5.74, 6) is -1.63. The van der Waals surface area contributed by atoms with Crippen LogP contribution in [0.5, 0.6) is 0 Å². The largest absolute Gasteiger partial charge is 0.346 e. The summed E-state index contributed by atoms with van der Waals surface area (Å²) in [5, 5.41) is 1.17. The van der Waals surface area contributed by atoms with E-state index in [2.05, 4.69) is 27.0 Å². The van der Waals surface area contributed by atoms with E-state index in [1.54, 1.807) is 12.3 Å². The fourth-order valence-electron chi connectivity index (χ4n) is 3.23. The van der Waals surface area contributed by atoms with Crippen molar-refractivity contribution in [1.29, 1.82) is 0 Å². The molecule has 0 saturated heterocycles. The van der Waals surface area contributed by atoms with Gasteiger partial charge in [0.15, 0.2) is 11.6 Å². The van der Waals surface area contributed by atoms with Crippen molar-refractivity contribution in [3.63, 3.8) is 0 Å². The summed E-state index contributed by atoms with van der Waals surface area (Å²) in [4.78, 5) is 9.92. The molecule has 0 amide bonds. The van der Waals surface area contributed by atoms with Gasteiger partial charge in [0.2, 0.25) is 0 Å². The van der Waals surface area contributed by atoms with Crippen LogP contribution in [0.15, 0.2) is 60.5 Å². The number of allylic oxidation sites excluding steroid dienone is 1. The van der Waals surface area contributed by atoms with Gasteiger partial charge in [0.1, 0.15) is 5.65 Å². The van der Waals surface area contributed by atoms with Gasteiger partial charge in [0.25, 0.3) is 0 Å². The molecular weight excluding hydrogens is 332 g/mol. The Kier molecular flexibility index (Phi) is 4.63. The standard InChI is InChI=1S/C21H19F2N3/c22-19-6-5-16(12-20(19)23)4-3-15-7-10-26(11-8-15)14-17-13-25-21-18(17)2-1-9-24-21/h1-7,9,12-13H,8,10-11,14H2,(H,24,25). The summed E-state index contributed by atoms with van der Waals surface area (Å²) in [6.45, 7) is 2.70. The van der Waals surface area contributed by atoms with Crippen molar-refractivity contribution in [2.75, 3.05) is 13.1 Å². The number of pyridine rings is 1. The molecule has 0 bridgehead atoms. The first-order valence-electron chi connectivity index (χ1n) is 8.64. The lowest BCUT2D eigenvalue weighted by Gasteiger charge is -2.25. The molecule has 3 nitrogen and oxygen atoms in total. The predicted molar refractivity (Wildman–Crippen MR) is 99.5 cm³/mol. The minimum Gasteiger partial charge on any atom is -0.346 e. The number of halogens is 2. The molecule has 1 aliphatic heterocycles. The third-order valence-electron chi connectivity index (χ3n) is 4.69. The van der Waals surface area contributed by atoms with E-state index in [1.807, 2.05) is 24.4 Å². The first-order valence-corrected chi connectivity index (χ1v) is 8.64. The van der Waals surface area contributed by atoms with Crippen LogP contribution < -0.4 is 0 Å². The Morgan fingerprint density at radius 1 is 1.15 bits per heavy atom. The zero-order valence-electron chi connectivity index (χ0n) is 14.3. The van der Waals surface area contributed by atoms with Crippen LogP contribution in [0.2, 0.25) is 0 Å². The highest BCUT2D eigenvalue weighted by atomic mass is 19.2. The molecule has 26 heavy (non-hydrogen) atoms. The second-order valence-electron chi connectivity index (χ2n) is 6.48. The second-order valence-corrected chi connectivity index (χ2v) is 6.48. The Hall–Kier alpha value is -2.79. The normalized spacial score (nSPS) is 15.7. The number of benzene rings is 1. The van der Waals surface area contributed by atoms with Gasteiger partial charge in [-0.2, -0.15) is 0 Å². The number of nitrogens with one attached hydrogen (secondary N) is 1. The molecule has 0 saturated carbocycles.